The highest BCUT2D eigenvalue weighted by Gasteiger charge is 2.31. The topological polar surface area (TPSA) is 56.1 Å². The Labute approximate surface area is 109 Å². The predicted octanol–water partition coefficient (Wildman–Crippen LogP) is 1.53. The Morgan fingerprint density at radius 2 is 2.06 bits per heavy atom. The van der Waals surface area contributed by atoms with Gasteiger partial charge in [-0.25, -0.2) is 0 Å². The molecular weight excluding hydrogens is 226 g/mol. The molecule has 2 aliphatic rings. The first-order valence-electron chi connectivity index (χ1n) is 7.15. The number of piperidine rings is 1. The molecule has 0 spiro atoms. The first-order valence-corrected chi connectivity index (χ1v) is 7.15. The zero-order chi connectivity index (χ0) is 12.8. The van der Waals surface area contributed by atoms with E-state index in [1.807, 2.05) is 6.07 Å². The molecule has 1 aliphatic heterocycles. The molecule has 2 atom stereocenters. The van der Waals surface area contributed by atoms with Crippen LogP contribution in [0.2, 0.25) is 0 Å². The zero-order valence-electron chi connectivity index (χ0n) is 11.0. The lowest BCUT2D eigenvalue weighted by Gasteiger charge is -2.41. The van der Waals surface area contributed by atoms with Crippen LogP contribution < -0.4 is 5.32 Å². The molecule has 100 valence electrons. The third kappa shape index (κ3) is 3.71. The molecule has 18 heavy (non-hydrogen) atoms. The van der Waals surface area contributed by atoms with Crippen molar-refractivity contribution in [1.82, 2.24) is 10.2 Å². The number of rotatable bonds is 4. The second-order valence-corrected chi connectivity index (χ2v) is 5.59. The summed E-state index contributed by atoms with van der Waals surface area (Å²) >= 11 is 0. The number of nitriles is 1. The number of hydrogen-bond donors (Lipinski definition) is 1. The minimum Gasteiger partial charge on any atom is -0.354 e. The second kappa shape index (κ2) is 6.75. The Balaban J connectivity index is 1.70. The normalized spacial score (nSPS) is 28.2. The van der Waals surface area contributed by atoms with Crippen molar-refractivity contribution in [3.63, 3.8) is 0 Å². The summed E-state index contributed by atoms with van der Waals surface area (Å²) in [5.41, 5.74) is 0. The summed E-state index contributed by atoms with van der Waals surface area (Å²) in [4.78, 5) is 14.0. The van der Waals surface area contributed by atoms with Crippen LogP contribution in [0.1, 0.15) is 38.5 Å². The van der Waals surface area contributed by atoms with E-state index in [4.69, 9.17) is 5.26 Å². The minimum atomic E-state index is 0.0690. The van der Waals surface area contributed by atoms with Crippen molar-refractivity contribution in [3.05, 3.63) is 0 Å². The maximum absolute atomic E-state index is 11.7. The highest BCUT2D eigenvalue weighted by atomic mass is 16.2. The van der Waals surface area contributed by atoms with Gasteiger partial charge in [-0.3, -0.25) is 9.69 Å². The fourth-order valence-electron chi connectivity index (χ4n) is 3.34. The number of carbonyl (C=O) groups excluding carboxylic acids is 1. The van der Waals surface area contributed by atoms with Gasteiger partial charge in [-0.15, -0.1) is 0 Å². The highest BCUT2D eigenvalue weighted by molar-refractivity contribution is 5.78. The van der Waals surface area contributed by atoms with Crippen molar-refractivity contribution in [2.45, 2.75) is 38.5 Å². The van der Waals surface area contributed by atoms with E-state index in [9.17, 15) is 4.79 Å². The lowest BCUT2D eigenvalue weighted by atomic mass is 9.75. The van der Waals surface area contributed by atoms with Crippen LogP contribution in [0.25, 0.3) is 0 Å². The SMILES string of the molecule is N#CCCNC(=O)CN1CCC2CCCCC2C1. The van der Waals surface area contributed by atoms with Gasteiger partial charge in [0.25, 0.3) is 0 Å². The number of amides is 1. The quantitative estimate of drug-likeness (QED) is 0.769. The molecule has 1 amide bonds. The lowest BCUT2D eigenvalue weighted by Crippen LogP contribution is -2.46. The lowest BCUT2D eigenvalue weighted by molar-refractivity contribution is -0.122. The molecule has 2 unspecified atom stereocenters. The first-order chi connectivity index (χ1) is 8.79. The standard InChI is InChI=1S/C14H23N3O/c15-7-3-8-16-14(18)11-17-9-6-12-4-1-2-5-13(12)10-17/h12-13H,1-6,8-11H2,(H,16,18). The number of fused-ring (bicyclic) bond motifs is 1. The van der Waals surface area contributed by atoms with Gasteiger partial charge >= 0.3 is 0 Å². The molecule has 0 radical (unpaired) electrons. The van der Waals surface area contributed by atoms with Gasteiger partial charge in [-0.1, -0.05) is 19.3 Å². The van der Waals surface area contributed by atoms with Crippen LogP contribution in [0.15, 0.2) is 0 Å². The summed E-state index contributed by atoms with van der Waals surface area (Å²) in [6.45, 7) is 3.15. The van der Waals surface area contributed by atoms with Gasteiger partial charge in [0.05, 0.1) is 19.0 Å². The van der Waals surface area contributed by atoms with Crippen LogP contribution in [-0.2, 0) is 4.79 Å². The van der Waals surface area contributed by atoms with E-state index in [1.165, 1.54) is 32.1 Å². The van der Waals surface area contributed by atoms with E-state index in [1.54, 1.807) is 0 Å². The molecule has 1 N–H and O–H groups in total. The molecule has 1 saturated heterocycles. The average Bonchev–Trinajstić information content (AvgIpc) is 2.39. The van der Waals surface area contributed by atoms with Crippen LogP contribution in [0.5, 0.6) is 0 Å². The molecule has 1 heterocycles. The Hall–Kier alpha value is -1.08. The van der Waals surface area contributed by atoms with Crippen molar-refractivity contribution < 1.29 is 4.79 Å². The van der Waals surface area contributed by atoms with Crippen molar-refractivity contribution in [1.29, 1.82) is 5.26 Å². The van der Waals surface area contributed by atoms with E-state index in [0.29, 0.717) is 19.5 Å². The van der Waals surface area contributed by atoms with E-state index >= 15 is 0 Å². The summed E-state index contributed by atoms with van der Waals surface area (Å²) in [5.74, 6) is 1.80. The number of likely N-dealkylation sites (tertiary alicyclic amines) is 1. The Kier molecular flexibility index (Phi) is 5.00. The summed E-state index contributed by atoms with van der Waals surface area (Å²) in [6.07, 6.45) is 7.16. The van der Waals surface area contributed by atoms with Gasteiger partial charge in [0.2, 0.25) is 5.91 Å². The number of hydrogen-bond acceptors (Lipinski definition) is 3. The highest BCUT2D eigenvalue weighted by Crippen LogP contribution is 2.35. The van der Waals surface area contributed by atoms with Crippen LogP contribution >= 0.6 is 0 Å². The molecule has 0 aromatic rings. The third-order valence-corrected chi connectivity index (χ3v) is 4.30. The van der Waals surface area contributed by atoms with E-state index in [0.717, 1.165) is 24.9 Å². The van der Waals surface area contributed by atoms with E-state index in [-0.39, 0.29) is 5.91 Å². The number of nitrogens with zero attached hydrogens (tertiary/aromatic N) is 2. The molecule has 4 nitrogen and oxygen atoms in total. The van der Waals surface area contributed by atoms with Gasteiger partial charge in [-0.2, -0.15) is 5.26 Å². The largest absolute Gasteiger partial charge is 0.354 e. The molecule has 4 heteroatoms. The van der Waals surface area contributed by atoms with Gasteiger partial charge in [-0.05, 0) is 31.2 Å². The molecule has 1 saturated carbocycles. The molecule has 1 aliphatic carbocycles. The first kappa shape index (κ1) is 13.4. The summed E-state index contributed by atoms with van der Waals surface area (Å²) in [6, 6.07) is 2.04. The van der Waals surface area contributed by atoms with Gasteiger partial charge in [0.1, 0.15) is 0 Å². The zero-order valence-corrected chi connectivity index (χ0v) is 11.0. The van der Waals surface area contributed by atoms with Crippen LogP contribution in [0.4, 0.5) is 0 Å². The van der Waals surface area contributed by atoms with Crippen LogP contribution in [0, 0.1) is 23.2 Å². The van der Waals surface area contributed by atoms with E-state index in [2.05, 4.69) is 10.2 Å². The van der Waals surface area contributed by atoms with Crippen molar-refractivity contribution in [2.24, 2.45) is 11.8 Å². The third-order valence-electron chi connectivity index (χ3n) is 4.30. The molecule has 0 aromatic heterocycles. The van der Waals surface area contributed by atoms with Gasteiger partial charge < -0.3 is 5.32 Å². The molecule has 0 bridgehead atoms. The Morgan fingerprint density at radius 3 is 2.83 bits per heavy atom. The monoisotopic (exact) mass is 249 g/mol. The maximum Gasteiger partial charge on any atom is 0.234 e. The van der Waals surface area contributed by atoms with Crippen molar-refractivity contribution in [3.8, 4) is 6.07 Å². The van der Waals surface area contributed by atoms with Gasteiger partial charge in [0, 0.05) is 13.1 Å². The fraction of sp³-hybridized carbons (Fsp3) is 0.857. The van der Waals surface area contributed by atoms with E-state index < -0.39 is 0 Å². The maximum atomic E-state index is 11.7. The van der Waals surface area contributed by atoms with Crippen molar-refractivity contribution >= 4 is 5.91 Å². The summed E-state index contributed by atoms with van der Waals surface area (Å²) in [7, 11) is 0. The summed E-state index contributed by atoms with van der Waals surface area (Å²) in [5, 5.41) is 11.2. The van der Waals surface area contributed by atoms with Crippen LogP contribution in [-0.4, -0.2) is 37.0 Å². The smallest absolute Gasteiger partial charge is 0.234 e. The van der Waals surface area contributed by atoms with Crippen LogP contribution in [0.3, 0.4) is 0 Å². The molecule has 0 aromatic carbocycles. The molecule has 2 fully saturated rings. The second-order valence-electron chi connectivity index (χ2n) is 5.59. The number of nitrogens with one attached hydrogen (secondary N) is 1. The molecule has 2 rings (SSSR count). The number of carbonyl (C=O) groups is 1. The molecular formula is C14H23N3O. The Morgan fingerprint density at radius 1 is 1.28 bits per heavy atom. The fourth-order valence-corrected chi connectivity index (χ4v) is 3.34. The Bertz CT molecular complexity index is 323. The van der Waals surface area contributed by atoms with Gasteiger partial charge in [0.15, 0.2) is 0 Å². The van der Waals surface area contributed by atoms with Crippen molar-refractivity contribution in [2.75, 3.05) is 26.2 Å². The minimum absolute atomic E-state index is 0.0690. The average molecular weight is 249 g/mol. The predicted molar refractivity (Wildman–Crippen MR) is 69.7 cm³/mol. The summed E-state index contributed by atoms with van der Waals surface area (Å²) < 4.78 is 0.